The molecule has 1 atom stereocenters. The minimum atomic E-state index is -0.458. The lowest BCUT2D eigenvalue weighted by Crippen LogP contribution is -2.18. The van der Waals surface area contributed by atoms with Crippen LogP contribution in [0.4, 0.5) is 0 Å². The highest BCUT2D eigenvalue weighted by atomic mass is 16.3. The zero-order chi connectivity index (χ0) is 11.3. The fourth-order valence-electron chi connectivity index (χ4n) is 1.55. The van der Waals surface area contributed by atoms with Gasteiger partial charge in [0.15, 0.2) is 0 Å². The lowest BCUT2D eigenvalue weighted by molar-refractivity contribution is -0.120. The van der Waals surface area contributed by atoms with E-state index in [4.69, 9.17) is 0 Å². The van der Waals surface area contributed by atoms with E-state index in [9.17, 15) is 9.90 Å². The molecule has 1 aromatic rings. The van der Waals surface area contributed by atoms with Crippen molar-refractivity contribution in [2.24, 2.45) is 0 Å². The van der Waals surface area contributed by atoms with Crippen molar-refractivity contribution in [3.05, 3.63) is 24.0 Å². The third kappa shape index (κ3) is 3.40. The van der Waals surface area contributed by atoms with E-state index in [2.05, 4.69) is 5.32 Å². The number of carbonyl (C=O) groups excluding carboxylic acids is 1. The minimum absolute atomic E-state index is 0.0563. The van der Waals surface area contributed by atoms with E-state index < -0.39 is 6.10 Å². The number of aromatic nitrogens is 1. The normalized spacial score (nSPS) is 12.5. The summed E-state index contributed by atoms with van der Waals surface area (Å²) in [5, 5.41) is 12.0. The molecule has 1 amide bonds. The molecule has 2 N–H and O–H groups in total. The van der Waals surface area contributed by atoms with Crippen molar-refractivity contribution in [3.8, 4) is 0 Å². The van der Waals surface area contributed by atoms with Gasteiger partial charge in [-0.05, 0) is 25.5 Å². The summed E-state index contributed by atoms with van der Waals surface area (Å²) >= 11 is 0. The monoisotopic (exact) mass is 210 g/mol. The maximum atomic E-state index is 11.0. The molecule has 0 bridgehead atoms. The fourth-order valence-corrected chi connectivity index (χ4v) is 1.55. The van der Waals surface area contributed by atoms with Gasteiger partial charge < -0.3 is 15.0 Å². The number of carbonyl (C=O) groups is 1. The first-order chi connectivity index (χ1) is 7.15. The van der Waals surface area contributed by atoms with Gasteiger partial charge in [0.05, 0.1) is 6.10 Å². The molecular formula is C11H18N2O2. The summed E-state index contributed by atoms with van der Waals surface area (Å²) in [6, 6.07) is 3.80. The Hall–Kier alpha value is -1.29. The average Bonchev–Trinajstić information content (AvgIpc) is 2.65. The summed E-state index contributed by atoms with van der Waals surface area (Å²) in [6.07, 6.45) is 2.77. The maximum absolute atomic E-state index is 11.0. The summed E-state index contributed by atoms with van der Waals surface area (Å²) in [6.45, 7) is 2.51. The van der Waals surface area contributed by atoms with Crippen LogP contribution in [0.2, 0.25) is 0 Å². The predicted molar refractivity (Wildman–Crippen MR) is 58.4 cm³/mol. The summed E-state index contributed by atoms with van der Waals surface area (Å²) in [4.78, 5) is 11.0. The van der Waals surface area contributed by atoms with E-state index >= 15 is 0 Å². The molecule has 0 aromatic carbocycles. The molecule has 1 rings (SSSR count). The molecule has 1 unspecified atom stereocenters. The molecule has 0 aliphatic heterocycles. The fraction of sp³-hybridized carbons (Fsp3) is 0.545. The van der Waals surface area contributed by atoms with Crippen LogP contribution in [-0.4, -0.2) is 22.6 Å². The van der Waals surface area contributed by atoms with Crippen LogP contribution in [0.25, 0.3) is 0 Å². The van der Waals surface area contributed by atoms with Gasteiger partial charge in [-0.25, -0.2) is 0 Å². The Bertz CT molecular complexity index is 318. The second kappa shape index (κ2) is 5.56. The van der Waals surface area contributed by atoms with Gasteiger partial charge in [-0.3, -0.25) is 4.79 Å². The summed E-state index contributed by atoms with van der Waals surface area (Å²) in [5.74, 6) is 0.0563. The third-order valence-corrected chi connectivity index (χ3v) is 2.37. The zero-order valence-corrected chi connectivity index (χ0v) is 9.23. The minimum Gasteiger partial charge on any atom is -0.387 e. The lowest BCUT2D eigenvalue weighted by atomic mass is 10.2. The van der Waals surface area contributed by atoms with E-state index in [-0.39, 0.29) is 5.91 Å². The van der Waals surface area contributed by atoms with Crippen LogP contribution in [0.15, 0.2) is 18.3 Å². The first kappa shape index (κ1) is 11.8. The molecule has 0 aliphatic rings. The van der Waals surface area contributed by atoms with E-state index in [1.807, 2.05) is 22.9 Å². The first-order valence-electron chi connectivity index (χ1n) is 5.19. The van der Waals surface area contributed by atoms with E-state index in [0.717, 1.165) is 18.7 Å². The number of nitrogens with one attached hydrogen (secondary N) is 1. The molecule has 15 heavy (non-hydrogen) atoms. The van der Waals surface area contributed by atoms with E-state index in [1.54, 1.807) is 14.0 Å². The van der Waals surface area contributed by atoms with Crippen LogP contribution >= 0.6 is 0 Å². The molecule has 0 saturated heterocycles. The van der Waals surface area contributed by atoms with Crippen molar-refractivity contribution in [2.45, 2.75) is 32.4 Å². The second-order valence-electron chi connectivity index (χ2n) is 3.58. The average molecular weight is 210 g/mol. The molecule has 1 aromatic heterocycles. The second-order valence-corrected chi connectivity index (χ2v) is 3.58. The summed E-state index contributed by atoms with van der Waals surface area (Å²) < 4.78 is 1.98. The van der Waals surface area contributed by atoms with Crippen molar-refractivity contribution in [1.29, 1.82) is 0 Å². The Kier molecular flexibility index (Phi) is 4.37. The lowest BCUT2D eigenvalue weighted by Gasteiger charge is -2.10. The van der Waals surface area contributed by atoms with Gasteiger partial charge >= 0.3 is 0 Å². The smallest absolute Gasteiger partial charge is 0.219 e. The molecular weight excluding hydrogens is 192 g/mol. The van der Waals surface area contributed by atoms with Gasteiger partial charge in [0.25, 0.3) is 0 Å². The van der Waals surface area contributed by atoms with Crippen molar-refractivity contribution in [3.63, 3.8) is 0 Å². The number of rotatable bonds is 5. The van der Waals surface area contributed by atoms with Crippen LogP contribution in [-0.2, 0) is 11.3 Å². The van der Waals surface area contributed by atoms with Crippen molar-refractivity contribution < 1.29 is 9.90 Å². The molecule has 4 heteroatoms. The van der Waals surface area contributed by atoms with Crippen molar-refractivity contribution in [1.82, 2.24) is 9.88 Å². The van der Waals surface area contributed by atoms with Crippen LogP contribution in [0.5, 0.6) is 0 Å². The van der Waals surface area contributed by atoms with Crippen LogP contribution in [0, 0.1) is 0 Å². The Morgan fingerprint density at radius 2 is 2.40 bits per heavy atom. The summed E-state index contributed by atoms with van der Waals surface area (Å²) in [7, 11) is 1.64. The molecule has 4 nitrogen and oxygen atoms in total. The number of hydrogen-bond acceptors (Lipinski definition) is 2. The Morgan fingerprint density at radius 1 is 1.67 bits per heavy atom. The molecule has 0 aliphatic carbocycles. The highest BCUT2D eigenvalue weighted by molar-refractivity contribution is 5.75. The zero-order valence-electron chi connectivity index (χ0n) is 9.23. The molecule has 1 heterocycles. The number of aliphatic hydroxyl groups excluding tert-OH is 1. The van der Waals surface area contributed by atoms with Crippen LogP contribution < -0.4 is 5.32 Å². The van der Waals surface area contributed by atoms with Gasteiger partial charge in [0.1, 0.15) is 0 Å². The number of nitrogens with zero attached hydrogens (tertiary/aromatic N) is 1. The van der Waals surface area contributed by atoms with Crippen LogP contribution in [0.1, 0.15) is 31.6 Å². The Balaban J connectivity index is 2.43. The van der Waals surface area contributed by atoms with Gasteiger partial charge in [0.2, 0.25) is 5.91 Å². The largest absolute Gasteiger partial charge is 0.387 e. The predicted octanol–water partition coefficient (Wildman–Crippen LogP) is 1.07. The molecule has 0 radical (unpaired) electrons. The van der Waals surface area contributed by atoms with Gasteiger partial charge in [-0.15, -0.1) is 0 Å². The highest BCUT2D eigenvalue weighted by Gasteiger charge is 2.06. The quantitative estimate of drug-likeness (QED) is 0.763. The number of hydrogen-bond donors (Lipinski definition) is 2. The van der Waals surface area contributed by atoms with E-state index in [1.165, 1.54) is 0 Å². The topological polar surface area (TPSA) is 54.3 Å². The third-order valence-electron chi connectivity index (χ3n) is 2.37. The van der Waals surface area contributed by atoms with E-state index in [0.29, 0.717) is 6.42 Å². The maximum Gasteiger partial charge on any atom is 0.219 e. The molecule has 0 fully saturated rings. The van der Waals surface area contributed by atoms with Crippen molar-refractivity contribution >= 4 is 5.91 Å². The standard InChI is InChI=1S/C11H18N2O2/c1-9(14)10-5-3-7-13(10)8-4-6-11(15)12-2/h3,5,7,9,14H,4,6,8H2,1-2H3,(H,12,15). The molecule has 0 spiro atoms. The van der Waals surface area contributed by atoms with Crippen LogP contribution in [0.3, 0.4) is 0 Å². The van der Waals surface area contributed by atoms with Gasteiger partial charge in [0, 0.05) is 31.9 Å². The van der Waals surface area contributed by atoms with Crippen molar-refractivity contribution in [2.75, 3.05) is 7.05 Å². The first-order valence-corrected chi connectivity index (χ1v) is 5.19. The number of aryl methyl sites for hydroxylation is 1. The molecule has 0 saturated carbocycles. The highest BCUT2D eigenvalue weighted by Crippen LogP contribution is 2.13. The number of aliphatic hydroxyl groups is 1. The summed E-state index contributed by atoms with van der Waals surface area (Å²) in [5.41, 5.74) is 0.895. The van der Waals surface area contributed by atoms with Gasteiger partial charge in [-0.1, -0.05) is 0 Å². The Morgan fingerprint density at radius 3 is 3.00 bits per heavy atom. The number of amides is 1. The molecule has 84 valence electrons. The SMILES string of the molecule is CNC(=O)CCCn1cccc1C(C)O. The Labute approximate surface area is 89.9 Å². The van der Waals surface area contributed by atoms with Gasteiger partial charge in [-0.2, -0.15) is 0 Å².